The van der Waals surface area contributed by atoms with E-state index in [2.05, 4.69) is 0 Å². The van der Waals surface area contributed by atoms with Crippen LogP contribution in [0.15, 0.2) is 42.2 Å². The van der Waals surface area contributed by atoms with Crippen LogP contribution in [0.2, 0.25) is 0 Å². The van der Waals surface area contributed by atoms with E-state index in [0.29, 0.717) is 5.76 Å². The van der Waals surface area contributed by atoms with Crippen molar-refractivity contribution >= 4 is 5.97 Å². The zero-order valence-electron chi connectivity index (χ0n) is 8.69. The number of benzene rings is 1. The first-order valence-electron chi connectivity index (χ1n) is 4.76. The molecule has 0 N–H and O–H groups in total. The van der Waals surface area contributed by atoms with Gasteiger partial charge in [0.15, 0.2) is 0 Å². The van der Waals surface area contributed by atoms with E-state index in [1.165, 1.54) is 6.08 Å². The lowest BCUT2D eigenvalue weighted by molar-refractivity contribution is -0.218. The van der Waals surface area contributed by atoms with Gasteiger partial charge in [-0.2, -0.15) is 0 Å². The number of esters is 1. The van der Waals surface area contributed by atoms with Crippen LogP contribution >= 0.6 is 0 Å². The average Bonchev–Trinajstić information content (AvgIpc) is 2.17. The largest absolute Gasteiger partial charge is 0.453 e. The van der Waals surface area contributed by atoms with Crippen LogP contribution in [-0.2, 0) is 20.1 Å². The molecule has 0 saturated carbocycles. The molecular weight excluding hydrogens is 192 g/mol. The lowest BCUT2D eigenvalue weighted by Crippen LogP contribution is -2.34. The maximum Gasteiger partial charge on any atom is 0.337 e. The van der Waals surface area contributed by atoms with Crippen LogP contribution in [0.25, 0.3) is 0 Å². The van der Waals surface area contributed by atoms with Crippen LogP contribution in [0.5, 0.6) is 0 Å². The molecule has 0 radical (unpaired) electrons. The summed E-state index contributed by atoms with van der Waals surface area (Å²) in [5.74, 6) is -0.806. The molecule has 1 aliphatic rings. The first-order valence-corrected chi connectivity index (χ1v) is 4.76. The third-order valence-electron chi connectivity index (χ3n) is 2.27. The van der Waals surface area contributed by atoms with Gasteiger partial charge in [-0.15, -0.1) is 0 Å². The second-order valence-electron chi connectivity index (χ2n) is 3.59. The Hall–Kier alpha value is -1.77. The van der Waals surface area contributed by atoms with E-state index < -0.39 is 5.79 Å². The second-order valence-corrected chi connectivity index (χ2v) is 3.59. The zero-order chi connectivity index (χ0) is 10.9. The molecule has 1 unspecified atom stereocenters. The molecule has 3 heteroatoms. The Labute approximate surface area is 88.3 Å². The molecule has 1 heterocycles. The van der Waals surface area contributed by atoms with E-state index in [4.69, 9.17) is 9.47 Å². The van der Waals surface area contributed by atoms with Crippen molar-refractivity contribution in [1.82, 2.24) is 0 Å². The highest BCUT2D eigenvalue weighted by Crippen LogP contribution is 2.32. The minimum atomic E-state index is -1.00. The molecule has 78 valence electrons. The number of cyclic esters (lactones) is 1. The fourth-order valence-corrected chi connectivity index (χ4v) is 1.60. The smallest absolute Gasteiger partial charge is 0.337 e. The lowest BCUT2D eigenvalue weighted by Gasteiger charge is -2.33. The Bertz CT molecular complexity index is 408. The number of hydrogen-bond donors (Lipinski definition) is 0. The fraction of sp³-hybridized carbons (Fsp3) is 0.250. The van der Waals surface area contributed by atoms with Gasteiger partial charge in [-0.25, -0.2) is 4.79 Å². The number of carbonyl (C=O) groups is 1. The number of hydrogen-bond acceptors (Lipinski definition) is 3. The summed E-state index contributed by atoms with van der Waals surface area (Å²) in [6.45, 7) is 3.47. The molecule has 1 aliphatic heterocycles. The van der Waals surface area contributed by atoms with E-state index in [1.54, 1.807) is 13.8 Å². The summed E-state index contributed by atoms with van der Waals surface area (Å²) in [5.41, 5.74) is 0.825. The predicted molar refractivity (Wildman–Crippen MR) is 54.7 cm³/mol. The topological polar surface area (TPSA) is 35.5 Å². The van der Waals surface area contributed by atoms with Crippen LogP contribution in [-0.4, -0.2) is 5.97 Å². The summed E-state index contributed by atoms with van der Waals surface area (Å²) in [5, 5.41) is 0. The summed E-state index contributed by atoms with van der Waals surface area (Å²) in [6, 6.07) is 9.40. The van der Waals surface area contributed by atoms with E-state index in [1.807, 2.05) is 30.3 Å². The maximum absolute atomic E-state index is 11.3. The number of allylic oxidation sites excluding steroid dienone is 1. The first kappa shape index (κ1) is 9.77. The molecule has 1 aromatic rings. The molecule has 2 rings (SSSR count). The molecule has 0 aromatic heterocycles. The molecule has 0 fully saturated rings. The molecular formula is C12H12O3. The maximum atomic E-state index is 11.3. The molecule has 0 aliphatic carbocycles. The third kappa shape index (κ3) is 1.86. The van der Waals surface area contributed by atoms with Gasteiger partial charge >= 0.3 is 5.97 Å². The Balaban J connectivity index is 2.37. The molecule has 0 amide bonds. The third-order valence-corrected chi connectivity index (χ3v) is 2.27. The van der Waals surface area contributed by atoms with Gasteiger partial charge in [0.05, 0.1) is 6.08 Å². The van der Waals surface area contributed by atoms with E-state index in [0.717, 1.165) is 5.56 Å². The normalized spacial score (nSPS) is 25.2. The van der Waals surface area contributed by atoms with Crippen molar-refractivity contribution in [1.29, 1.82) is 0 Å². The van der Waals surface area contributed by atoms with Crippen LogP contribution in [0.3, 0.4) is 0 Å². The number of ether oxygens (including phenoxy) is 2. The minimum Gasteiger partial charge on any atom is -0.453 e. The van der Waals surface area contributed by atoms with Crippen molar-refractivity contribution in [3.8, 4) is 0 Å². The molecule has 1 atom stereocenters. The van der Waals surface area contributed by atoms with Gasteiger partial charge < -0.3 is 9.47 Å². The van der Waals surface area contributed by atoms with Crippen molar-refractivity contribution in [2.75, 3.05) is 0 Å². The Morgan fingerprint density at radius 3 is 2.40 bits per heavy atom. The molecule has 0 spiro atoms. The Kier molecular flexibility index (Phi) is 2.23. The number of carbonyl (C=O) groups excluding carboxylic acids is 1. The summed E-state index contributed by atoms with van der Waals surface area (Å²) < 4.78 is 10.7. The highest BCUT2D eigenvalue weighted by molar-refractivity contribution is 5.83. The van der Waals surface area contributed by atoms with Gasteiger partial charge in [-0.3, -0.25) is 0 Å². The predicted octanol–water partition coefficient (Wildman–Crippen LogP) is 2.34. The Morgan fingerprint density at radius 2 is 1.80 bits per heavy atom. The quantitative estimate of drug-likeness (QED) is 0.658. The van der Waals surface area contributed by atoms with Crippen molar-refractivity contribution in [3.05, 3.63) is 47.7 Å². The van der Waals surface area contributed by atoms with Gasteiger partial charge in [0, 0.05) is 12.5 Å². The second kappa shape index (κ2) is 3.42. The van der Waals surface area contributed by atoms with Crippen LogP contribution in [0.4, 0.5) is 0 Å². The molecule has 15 heavy (non-hydrogen) atoms. The van der Waals surface area contributed by atoms with Crippen molar-refractivity contribution in [2.45, 2.75) is 19.6 Å². The summed E-state index contributed by atoms with van der Waals surface area (Å²) in [4.78, 5) is 11.3. The first-order chi connectivity index (χ1) is 7.10. The fourth-order valence-electron chi connectivity index (χ4n) is 1.60. The van der Waals surface area contributed by atoms with Gasteiger partial charge in [0.1, 0.15) is 5.76 Å². The number of rotatable bonds is 1. The average molecular weight is 204 g/mol. The molecule has 0 saturated heterocycles. The van der Waals surface area contributed by atoms with E-state index >= 15 is 0 Å². The van der Waals surface area contributed by atoms with Gasteiger partial charge in [0.25, 0.3) is 5.79 Å². The monoisotopic (exact) mass is 204 g/mol. The van der Waals surface area contributed by atoms with Gasteiger partial charge in [0.2, 0.25) is 0 Å². The van der Waals surface area contributed by atoms with Crippen molar-refractivity contribution < 1.29 is 14.3 Å². The van der Waals surface area contributed by atoms with Crippen LogP contribution < -0.4 is 0 Å². The molecule has 1 aromatic carbocycles. The van der Waals surface area contributed by atoms with E-state index in [-0.39, 0.29) is 5.97 Å². The lowest BCUT2D eigenvalue weighted by atomic mass is 10.1. The SMILES string of the molecule is CC1=CC(=O)OC(C)(c2ccccc2)O1. The van der Waals surface area contributed by atoms with Crippen molar-refractivity contribution in [3.63, 3.8) is 0 Å². The molecule has 3 nitrogen and oxygen atoms in total. The Morgan fingerprint density at radius 1 is 1.13 bits per heavy atom. The summed E-state index contributed by atoms with van der Waals surface area (Å²) in [7, 11) is 0. The highest BCUT2D eigenvalue weighted by Gasteiger charge is 2.35. The molecule has 0 bridgehead atoms. The zero-order valence-corrected chi connectivity index (χ0v) is 8.69. The van der Waals surface area contributed by atoms with Crippen molar-refractivity contribution in [2.24, 2.45) is 0 Å². The summed E-state index contributed by atoms with van der Waals surface area (Å²) >= 11 is 0. The van der Waals surface area contributed by atoms with Gasteiger partial charge in [-0.05, 0) is 6.92 Å². The standard InChI is InChI=1S/C12H12O3/c1-9-8-11(13)15-12(2,14-9)10-6-4-3-5-7-10/h3-8H,1-2H3. The summed E-state index contributed by atoms with van der Waals surface area (Å²) in [6.07, 6.45) is 1.34. The van der Waals surface area contributed by atoms with E-state index in [9.17, 15) is 4.79 Å². The minimum absolute atomic E-state index is 0.370. The van der Waals surface area contributed by atoms with Crippen LogP contribution in [0, 0.1) is 0 Å². The van der Waals surface area contributed by atoms with Gasteiger partial charge in [-0.1, -0.05) is 30.3 Å². The van der Waals surface area contributed by atoms with Crippen LogP contribution in [0.1, 0.15) is 19.4 Å². The highest BCUT2D eigenvalue weighted by atomic mass is 16.7.